The van der Waals surface area contributed by atoms with Crippen LogP contribution < -0.4 is 5.32 Å². The van der Waals surface area contributed by atoms with Crippen LogP contribution in [0.4, 0.5) is 0 Å². The Balaban J connectivity index is 1.39. The number of carbonyl (C=O) groups is 2. The minimum atomic E-state index is -0.294. The Morgan fingerprint density at radius 3 is 2.83 bits per heavy atom. The number of carbonyl (C=O) groups excluding carboxylic acids is 2. The third kappa shape index (κ3) is 4.46. The number of halogens is 1. The van der Waals surface area contributed by atoms with E-state index in [1.807, 2.05) is 36.4 Å². The van der Waals surface area contributed by atoms with Crippen LogP contribution in [0.25, 0.3) is 0 Å². The number of amides is 2. The second kappa shape index (κ2) is 8.45. The Kier molecular flexibility index (Phi) is 5.57. The van der Waals surface area contributed by atoms with Gasteiger partial charge in [0, 0.05) is 49.0 Å². The first kappa shape index (κ1) is 19.1. The molecule has 8 heteroatoms. The molecule has 1 aromatic carbocycles. The topological polar surface area (TPSA) is 80.1 Å². The van der Waals surface area contributed by atoms with Gasteiger partial charge in [-0.2, -0.15) is 5.10 Å². The number of rotatable bonds is 6. The van der Waals surface area contributed by atoms with Crippen molar-refractivity contribution < 1.29 is 9.59 Å². The van der Waals surface area contributed by atoms with E-state index in [0.717, 1.165) is 11.3 Å². The Morgan fingerprint density at radius 2 is 2.03 bits per heavy atom. The van der Waals surface area contributed by atoms with E-state index in [9.17, 15) is 9.59 Å². The Bertz CT molecular complexity index is 1030. The molecule has 0 spiro atoms. The van der Waals surface area contributed by atoms with Crippen LogP contribution in [0.1, 0.15) is 32.2 Å². The lowest BCUT2D eigenvalue weighted by Crippen LogP contribution is -2.39. The number of nitrogens with one attached hydrogen (secondary N) is 1. The molecule has 0 saturated carbocycles. The van der Waals surface area contributed by atoms with Crippen molar-refractivity contribution in [3.05, 3.63) is 82.4 Å². The molecule has 29 heavy (non-hydrogen) atoms. The van der Waals surface area contributed by atoms with E-state index in [1.165, 1.54) is 0 Å². The lowest BCUT2D eigenvalue weighted by molar-refractivity contribution is 0.0683. The van der Waals surface area contributed by atoms with E-state index >= 15 is 0 Å². The van der Waals surface area contributed by atoms with Crippen molar-refractivity contribution in [1.82, 2.24) is 25.0 Å². The van der Waals surface area contributed by atoms with Crippen LogP contribution in [-0.4, -0.2) is 44.6 Å². The van der Waals surface area contributed by atoms with Gasteiger partial charge >= 0.3 is 0 Å². The van der Waals surface area contributed by atoms with Crippen molar-refractivity contribution in [3.8, 4) is 0 Å². The van der Waals surface area contributed by atoms with Crippen molar-refractivity contribution in [2.75, 3.05) is 13.1 Å². The normalized spacial score (nSPS) is 13.3. The van der Waals surface area contributed by atoms with E-state index in [0.29, 0.717) is 43.3 Å². The largest absolute Gasteiger partial charge is 0.350 e. The van der Waals surface area contributed by atoms with Crippen LogP contribution >= 0.6 is 11.6 Å². The van der Waals surface area contributed by atoms with Gasteiger partial charge in [-0.3, -0.25) is 19.3 Å². The molecule has 1 N–H and O–H groups in total. The summed E-state index contributed by atoms with van der Waals surface area (Å²) in [6, 6.07) is 14.7. The van der Waals surface area contributed by atoms with Gasteiger partial charge in [0.2, 0.25) is 0 Å². The van der Waals surface area contributed by atoms with Gasteiger partial charge in [0.15, 0.2) is 5.69 Å². The quantitative estimate of drug-likeness (QED) is 0.678. The molecule has 2 aromatic heterocycles. The molecule has 0 radical (unpaired) electrons. The Labute approximate surface area is 173 Å². The number of hydrogen-bond donors (Lipinski definition) is 1. The van der Waals surface area contributed by atoms with E-state index in [2.05, 4.69) is 15.4 Å². The molecular weight excluding hydrogens is 390 g/mol. The highest BCUT2D eigenvalue weighted by atomic mass is 35.5. The summed E-state index contributed by atoms with van der Waals surface area (Å²) in [6.45, 7) is 1.99. The van der Waals surface area contributed by atoms with Gasteiger partial charge in [0.25, 0.3) is 11.8 Å². The van der Waals surface area contributed by atoms with Crippen LogP contribution in [0, 0.1) is 0 Å². The third-order valence-electron chi connectivity index (χ3n) is 4.76. The van der Waals surface area contributed by atoms with E-state index in [-0.39, 0.29) is 17.5 Å². The lowest BCUT2D eigenvalue weighted by atomic mass is 10.2. The summed E-state index contributed by atoms with van der Waals surface area (Å²) >= 11 is 6.03. The van der Waals surface area contributed by atoms with Gasteiger partial charge in [0.1, 0.15) is 5.69 Å². The molecule has 0 bridgehead atoms. The fraction of sp³-hybridized carbons (Fsp3) is 0.238. The number of aromatic nitrogens is 3. The van der Waals surface area contributed by atoms with Crippen molar-refractivity contribution in [2.45, 2.75) is 19.5 Å². The zero-order valence-corrected chi connectivity index (χ0v) is 16.5. The first-order valence-corrected chi connectivity index (χ1v) is 9.77. The van der Waals surface area contributed by atoms with Crippen LogP contribution in [0.15, 0.2) is 54.7 Å². The highest BCUT2D eigenvalue weighted by Crippen LogP contribution is 2.18. The first-order valence-electron chi connectivity index (χ1n) is 9.40. The van der Waals surface area contributed by atoms with Crippen LogP contribution in [0.3, 0.4) is 0 Å². The predicted molar refractivity (Wildman–Crippen MR) is 109 cm³/mol. The third-order valence-corrected chi connectivity index (χ3v) is 4.99. The molecule has 0 saturated heterocycles. The fourth-order valence-corrected chi connectivity index (χ4v) is 3.51. The van der Waals surface area contributed by atoms with Crippen LogP contribution in [0.2, 0.25) is 5.02 Å². The van der Waals surface area contributed by atoms with Crippen molar-refractivity contribution in [3.63, 3.8) is 0 Å². The molecular formula is C21H20ClN5O2. The zero-order valence-electron chi connectivity index (χ0n) is 15.7. The molecule has 1 aliphatic heterocycles. The standard InChI is InChI=1S/C21H20ClN5O2/c22-16-5-3-4-15(12-16)14-26-10-11-27-19(21(26)29)13-18(25-27)20(28)24-9-7-17-6-1-2-8-23-17/h1-6,8,12-13H,7,9-11,14H2,(H,24,28). The number of fused-ring (bicyclic) bond motifs is 1. The molecule has 3 heterocycles. The smallest absolute Gasteiger partial charge is 0.272 e. The molecule has 0 unspecified atom stereocenters. The monoisotopic (exact) mass is 409 g/mol. The number of nitrogens with zero attached hydrogens (tertiary/aromatic N) is 4. The molecule has 1 aliphatic rings. The second-order valence-electron chi connectivity index (χ2n) is 6.82. The fourth-order valence-electron chi connectivity index (χ4n) is 3.30. The molecule has 0 fully saturated rings. The minimum absolute atomic E-state index is 0.142. The molecule has 0 aliphatic carbocycles. The maximum absolute atomic E-state index is 12.8. The second-order valence-corrected chi connectivity index (χ2v) is 7.26. The molecule has 3 aromatic rings. The number of pyridine rings is 1. The van der Waals surface area contributed by atoms with Gasteiger partial charge in [-0.1, -0.05) is 29.8 Å². The zero-order chi connectivity index (χ0) is 20.2. The minimum Gasteiger partial charge on any atom is -0.350 e. The average Bonchev–Trinajstić information content (AvgIpc) is 3.16. The Morgan fingerprint density at radius 1 is 1.14 bits per heavy atom. The molecule has 148 valence electrons. The van der Waals surface area contributed by atoms with Crippen molar-refractivity contribution >= 4 is 23.4 Å². The summed E-state index contributed by atoms with van der Waals surface area (Å²) in [4.78, 5) is 31.2. The molecule has 2 amide bonds. The van der Waals surface area contributed by atoms with Gasteiger partial charge < -0.3 is 10.2 Å². The van der Waals surface area contributed by atoms with Gasteiger partial charge in [0.05, 0.1) is 6.54 Å². The summed E-state index contributed by atoms with van der Waals surface area (Å²) in [6.07, 6.45) is 2.36. The number of benzene rings is 1. The highest BCUT2D eigenvalue weighted by molar-refractivity contribution is 6.30. The first-order chi connectivity index (χ1) is 14.1. The van der Waals surface area contributed by atoms with E-state index in [4.69, 9.17) is 11.6 Å². The maximum Gasteiger partial charge on any atom is 0.272 e. The van der Waals surface area contributed by atoms with Gasteiger partial charge in [-0.05, 0) is 29.8 Å². The summed E-state index contributed by atoms with van der Waals surface area (Å²) in [5, 5.41) is 7.78. The van der Waals surface area contributed by atoms with Crippen molar-refractivity contribution in [1.29, 1.82) is 0 Å². The van der Waals surface area contributed by atoms with Crippen LogP contribution in [-0.2, 0) is 19.5 Å². The van der Waals surface area contributed by atoms with Gasteiger partial charge in [-0.15, -0.1) is 0 Å². The van der Waals surface area contributed by atoms with Crippen LogP contribution in [0.5, 0.6) is 0 Å². The summed E-state index contributed by atoms with van der Waals surface area (Å²) in [5.74, 6) is -0.437. The average molecular weight is 410 g/mol. The van der Waals surface area contributed by atoms with E-state index in [1.54, 1.807) is 27.9 Å². The molecule has 4 rings (SSSR count). The maximum atomic E-state index is 12.8. The lowest BCUT2D eigenvalue weighted by Gasteiger charge is -2.27. The summed E-state index contributed by atoms with van der Waals surface area (Å²) in [5.41, 5.74) is 2.54. The summed E-state index contributed by atoms with van der Waals surface area (Å²) < 4.78 is 1.60. The number of hydrogen-bond acceptors (Lipinski definition) is 4. The molecule has 7 nitrogen and oxygen atoms in total. The summed E-state index contributed by atoms with van der Waals surface area (Å²) in [7, 11) is 0. The Hall–Kier alpha value is -3.19. The van der Waals surface area contributed by atoms with Crippen molar-refractivity contribution in [2.24, 2.45) is 0 Å². The van der Waals surface area contributed by atoms with E-state index < -0.39 is 0 Å². The highest BCUT2D eigenvalue weighted by Gasteiger charge is 2.27. The van der Waals surface area contributed by atoms with Gasteiger partial charge in [-0.25, -0.2) is 0 Å². The SMILES string of the molecule is O=C(NCCc1ccccn1)c1cc2n(n1)CCN(Cc1cccc(Cl)c1)C2=O. The molecule has 0 atom stereocenters. The predicted octanol–water partition coefficient (Wildman–Crippen LogP) is 2.56.